The Morgan fingerprint density at radius 1 is 1.11 bits per heavy atom. The fourth-order valence-electron chi connectivity index (χ4n) is 1.42. The highest BCUT2D eigenvalue weighted by Gasteiger charge is 2.18. The summed E-state index contributed by atoms with van der Waals surface area (Å²) in [5, 5.41) is 1.02. The van der Waals surface area contributed by atoms with Crippen molar-refractivity contribution in [1.29, 1.82) is 0 Å². The van der Waals surface area contributed by atoms with Crippen molar-refractivity contribution >= 4 is 55.2 Å². The van der Waals surface area contributed by atoms with Gasteiger partial charge in [-0.25, -0.2) is 0 Å². The van der Waals surface area contributed by atoms with E-state index in [0.717, 1.165) is 11.3 Å². The molecule has 1 heterocycles. The lowest BCUT2D eigenvalue weighted by Gasteiger charge is -1.99. The number of hydrogen-bond donors (Lipinski definition) is 1. The number of thioether (sulfide) groups is 1. The molecule has 0 unspecified atom stereocenters. The normalized spacial score (nSPS) is 11.2. The van der Waals surface area contributed by atoms with Crippen molar-refractivity contribution in [3.8, 4) is 11.3 Å². The molecule has 0 bridgehead atoms. The summed E-state index contributed by atoms with van der Waals surface area (Å²) < 4.78 is 26.1. The Balaban J connectivity index is 2.42. The van der Waals surface area contributed by atoms with E-state index in [9.17, 15) is 8.78 Å². The maximum atomic E-state index is 12.4. The number of aromatic nitrogens is 1. The lowest BCUT2D eigenvalue weighted by molar-refractivity contribution is 0.252. The maximum absolute atomic E-state index is 12.4. The van der Waals surface area contributed by atoms with Gasteiger partial charge in [0.1, 0.15) is 0 Å². The summed E-state index contributed by atoms with van der Waals surface area (Å²) in [7, 11) is 0. The number of hydrogen-bond acceptors (Lipinski definition) is 1. The van der Waals surface area contributed by atoms with Crippen molar-refractivity contribution < 1.29 is 8.78 Å². The van der Waals surface area contributed by atoms with E-state index in [1.54, 1.807) is 12.1 Å². The van der Waals surface area contributed by atoms with Crippen LogP contribution >= 0.6 is 55.2 Å². The summed E-state index contributed by atoms with van der Waals surface area (Å²) in [6.45, 7) is 0. The highest BCUT2D eigenvalue weighted by Crippen LogP contribution is 2.42. The van der Waals surface area contributed by atoms with Gasteiger partial charge in [-0.1, -0.05) is 23.7 Å². The van der Waals surface area contributed by atoms with Crippen LogP contribution in [0, 0.1) is 0 Å². The number of alkyl halides is 2. The first kappa shape index (κ1) is 14.4. The molecule has 0 atom stereocenters. The summed E-state index contributed by atoms with van der Waals surface area (Å²) in [5.74, 6) is -2.47. The molecular weight excluding hydrogens is 411 g/mol. The first-order valence-electron chi connectivity index (χ1n) is 4.76. The van der Waals surface area contributed by atoms with Gasteiger partial charge in [-0.05, 0) is 61.3 Å². The Morgan fingerprint density at radius 2 is 1.72 bits per heavy atom. The molecule has 1 N–H and O–H groups in total. The SMILES string of the molecule is FC(F)Sc1[nH]c(-c2ccc(Cl)cc2)c(Br)c1Br. The van der Waals surface area contributed by atoms with Gasteiger partial charge in [0.05, 0.1) is 19.7 Å². The molecule has 0 aliphatic rings. The fourth-order valence-corrected chi connectivity index (χ4v) is 3.32. The Hall–Kier alpha value is -0.0400. The monoisotopic (exact) mass is 415 g/mol. The van der Waals surface area contributed by atoms with E-state index >= 15 is 0 Å². The zero-order chi connectivity index (χ0) is 13.3. The second-order valence-corrected chi connectivity index (χ2v) is 6.37. The molecule has 0 amide bonds. The minimum absolute atomic E-state index is 0.391. The molecule has 18 heavy (non-hydrogen) atoms. The fraction of sp³-hybridized carbons (Fsp3) is 0.0909. The van der Waals surface area contributed by atoms with E-state index in [-0.39, 0.29) is 0 Å². The third-order valence-electron chi connectivity index (χ3n) is 2.19. The quantitative estimate of drug-likeness (QED) is 0.590. The molecule has 1 aromatic carbocycles. The number of rotatable bonds is 3. The third kappa shape index (κ3) is 3.10. The zero-order valence-electron chi connectivity index (χ0n) is 8.68. The lowest BCUT2D eigenvalue weighted by atomic mass is 10.2. The zero-order valence-corrected chi connectivity index (χ0v) is 13.4. The molecule has 7 heteroatoms. The molecule has 0 radical (unpaired) electrons. The molecule has 0 fully saturated rings. The van der Waals surface area contributed by atoms with Crippen molar-refractivity contribution in [2.24, 2.45) is 0 Å². The van der Waals surface area contributed by atoms with Crippen molar-refractivity contribution in [2.75, 3.05) is 0 Å². The summed E-state index contributed by atoms with van der Waals surface area (Å²) in [4.78, 5) is 2.96. The van der Waals surface area contributed by atoms with Gasteiger partial charge < -0.3 is 4.98 Å². The van der Waals surface area contributed by atoms with Crippen molar-refractivity contribution in [2.45, 2.75) is 10.8 Å². The summed E-state index contributed by atoms with van der Waals surface area (Å²) in [6, 6.07) is 7.14. The second-order valence-electron chi connectivity index (χ2n) is 3.34. The largest absolute Gasteiger partial charge is 0.348 e. The molecule has 0 aliphatic carbocycles. The molecule has 0 saturated heterocycles. The first-order valence-corrected chi connectivity index (χ1v) is 7.61. The first-order chi connectivity index (χ1) is 8.49. The number of benzene rings is 1. The van der Waals surface area contributed by atoms with Gasteiger partial charge >= 0.3 is 0 Å². The van der Waals surface area contributed by atoms with Gasteiger partial charge in [0, 0.05) is 5.02 Å². The molecule has 1 aromatic heterocycles. The van der Waals surface area contributed by atoms with Crippen LogP contribution in [0.1, 0.15) is 0 Å². The highest BCUT2D eigenvalue weighted by molar-refractivity contribution is 9.13. The van der Waals surface area contributed by atoms with E-state index in [0.29, 0.717) is 30.8 Å². The van der Waals surface area contributed by atoms with Crippen LogP contribution in [0.15, 0.2) is 38.2 Å². The van der Waals surface area contributed by atoms with Crippen molar-refractivity contribution in [3.05, 3.63) is 38.2 Å². The number of H-pyrrole nitrogens is 1. The standard InChI is InChI=1S/C11H6Br2ClF2NS/c12-7-8(13)10(18-11(15)16)17-9(7)5-1-3-6(14)4-2-5/h1-4,11,17H. The Bertz CT molecular complexity index is 557. The van der Waals surface area contributed by atoms with Gasteiger partial charge in [0.2, 0.25) is 0 Å². The van der Waals surface area contributed by atoms with Crippen molar-refractivity contribution in [1.82, 2.24) is 4.98 Å². The molecule has 2 rings (SSSR count). The van der Waals surface area contributed by atoms with Gasteiger partial charge in [0.15, 0.2) is 0 Å². The third-order valence-corrected chi connectivity index (χ3v) is 5.54. The molecule has 1 nitrogen and oxygen atoms in total. The van der Waals surface area contributed by atoms with Gasteiger partial charge in [-0.15, -0.1) is 0 Å². The second kappa shape index (κ2) is 5.94. The molecule has 0 aliphatic heterocycles. The van der Waals surface area contributed by atoms with Gasteiger partial charge in [-0.2, -0.15) is 8.78 Å². The van der Waals surface area contributed by atoms with E-state index < -0.39 is 5.76 Å². The van der Waals surface area contributed by atoms with Crippen LogP contribution in [-0.4, -0.2) is 10.7 Å². The topological polar surface area (TPSA) is 15.8 Å². The average molecular weight is 418 g/mol. The summed E-state index contributed by atoms with van der Waals surface area (Å²) >= 11 is 12.9. The number of nitrogens with one attached hydrogen (secondary N) is 1. The molecule has 96 valence electrons. The van der Waals surface area contributed by atoms with Crippen LogP contribution in [0.25, 0.3) is 11.3 Å². The van der Waals surface area contributed by atoms with Gasteiger partial charge in [-0.3, -0.25) is 0 Å². The minimum atomic E-state index is -2.47. The number of halogens is 5. The van der Waals surface area contributed by atoms with Gasteiger partial charge in [0.25, 0.3) is 5.76 Å². The molecule has 0 saturated carbocycles. The molecule has 0 spiro atoms. The lowest BCUT2D eigenvalue weighted by Crippen LogP contribution is -1.82. The Morgan fingerprint density at radius 3 is 2.28 bits per heavy atom. The minimum Gasteiger partial charge on any atom is -0.348 e. The van der Waals surface area contributed by atoms with Crippen LogP contribution < -0.4 is 0 Å². The summed E-state index contributed by atoms with van der Waals surface area (Å²) in [6.07, 6.45) is 0. The molecule has 2 aromatic rings. The highest BCUT2D eigenvalue weighted by atomic mass is 79.9. The average Bonchev–Trinajstić information content (AvgIpc) is 2.58. The van der Waals surface area contributed by atoms with Crippen LogP contribution in [0.2, 0.25) is 5.02 Å². The Kier molecular flexibility index (Phi) is 4.75. The van der Waals surface area contributed by atoms with E-state index in [4.69, 9.17) is 11.6 Å². The van der Waals surface area contributed by atoms with Crippen LogP contribution in [0.5, 0.6) is 0 Å². The van der Waals surface area contributed by atoms with Crippen LogP contribution in [0.3, 0.4) is 0 Å². The van der Waals surface area contributed by atoms with E-state index in [2.05, 4.69) is 36.8 Å². The smallest absolute Gasteiger partial charge is 0.290 e. The predicted octanol–water partition coefficient (Wildman–Crippen LogP) is 6.17. The number of aromatic amines is 1. The summed E-state index contributed by atoms with van der Waals surface area (Å²) in [5.41, 5.74) is 1.61. The van der Waals surface area contributed by atoms with Crippen LogP contribution in [0.4, 0.5) is 8.78 Å². The van der Waals surface area contributed by atoms with E-state index in [1.165, 1.54) is 0 Å². The van der Waals surface area contributed by atoms with E-state index in [1.807, 2.05) is 12.1 Å². The Labute approximate surface area is 129 Å². The van der Waals surface area contributed by atoms with Crippen LogP contribution in [-0.2, 0) is 0 Å². The molecular formula is C11H6Br2ClF2NS. The predicted molar refractivity (Wildman–Crippen MR) is 78.5 cm³/mol. The van der Waals surface area contributed by atoms with Crippen molar-refractivity contribution in [3.63, 3.8) is 0 Å². The maximum Gasteiger partial charge on any atom is 0.290 e.